The van der Waals surface area contributed by atoms with Crippen LogP contribution in [-0.2, 0) is 6.54 Å². The second kappa shape index (κ2) is 8.66. The van der Waals surface area contributed by atoms with E-state index in [4.69, 9.17) is 0 Å². The van der Waals surface area contributed by atoms with Crippen LogP contribution in [-0.4, -0.2) is 34.9 Å². The van der Waals surface area contributed by atoms with E-state index in [9.17, 15) is 18.0 Å². The molecule has 0 fully saturated rings. The number of carbonyl (C=O) groups is 1. The zero-order valence-electron chi connectivity index (χ0n) is 17.4. The summed E-state index contributed by atoms with van der Waals surface area (Å²) in [5, 5.41) is 3.84. The highest BCUT2D eigenvalue weighted by atomic mass is 19.1. The smallest absolute Gasteiger partial charge is 0.256 e. The van der Waals surface area contributed by atoms with Gasteiger partial charge in [0.25, 0.3) is 5.91 Å². The average molecular weight is 436 g/mol. The fraction of sp³-hybridized carbons (Fsp3) is 0.125. The second-order valence-corrected chi connectivity index (χ2v) is 7.30. The quantitative estimate of drug-likeness (QED) is 0.477. The lowest BCUT2D eigenvalue weighted by atomic mass is 10.0. The van der Waals surface area contributed by atoms with Crippen LogP contribution >= 0.6 is 0 Å². The third kappa shape index (κ3) is 4.12. The zero-order valence-corrected chi connectivity index (χ0v) is 17.4. The molecule has 0 bridgehead atoms. The maximum Gasteiger partial charge on any atom is 0.256 e. The molecule has 0 spiro atoms. The van der Waals surface area contributed by atoms with E-state index in [1.54, 1.807) is 19.2 Å². The summed E-state index contributed by atoms with van der Waals surface area (Å²) < 4.78 is 41.6. The predicted octanol–water partition coefficient (Wildman–Crippen LogP) is 5.03. The minimum atomic E-state index is -0.963. The monoisotopic (exact) mass is 436 g/mol. The first-order valence-electron chi connectivity index (χ1n) is 9.79. The molecule has 0 aliphatic carbocycles. The molecule has 0 aliphatic heterocycles. The Morgan fingerprint density at radius 1 is 0.938 bits per heavy atom. The molecule has 0 unspecified atom stereocenters. The number of hydrogen-bond donors (Lipinski definition) is 1. The van der Waals surface area contributed by atoms with Crippen LogP contribution in [0.15, 0.2) is 60.9 Å². The predicted molar refractivity (Wildman–Crippen MR) is 117 cm³/mol. The molecule has 4 aromatic rings. The van der Waals surface area contributed by atoms with Crippen LogP contribution < -0.4 is 5.32 Å². The van der Waals surface area contributed by atoms with Gasteiger partial charge in [0.2, 0.25) is 0 Å². The molecule has 5 nitrogen and oxygen atoms in total. The Hall–Kier alpha value is -3.94. The van der Waals surface area contributed by atoms with Gasteiger partial charge in [0.1, 0.15) is 29.6 Å². The summed E-state index contributed by atoms with van der Waals surface area (Å²) in [6.45, 7) is -0.0895. The van der Waals surface area contributed by atoms with Gasteiger partial charge in [-0.05, 0) is 47.5 Å². The van der Waals surface area contributed by atoms with Gasteiger partial charge in [-0.2, -0.15) is 0 Å². The van der Waals surface area contributed by atoms with E-state index in [-0.39, 0.29) is 17.7 Å². The molecule has 0 radical (unpaired) electrons. The van der Waals surface area contributed by atoms with Crippen molar-refractivity contribution < 1.29 is 18.0 Å². The number of anilines is 1. The summed E-state index contributed by atoms with van der Waals surface area (Å²) in [6.07, 6.45) is 1.47. The van der Waals surface area contributed by atoms with Gasteiger partial charge in [0, 0.05) is 37.7 Å². The van der Waals surface area contributed by atoms with Crippen LogP contribution in [0.4, 0.5) is 19.0 Å². The third-order valence-corrected chi connectivity index (χ3v) is 5.17. The van der Waals surface area contributed by atoms with Gasteiger partial charge in [-0.3, -0.25) is 4.79 Å². The number of fused-ring (bicyclic) bond motifs is 1. The van der Waals surface area contributed by atoms with Crippen molar-refractivity contribution in [1.82, 2.24) is 14.9 Å². The van der Waals surface area contributed by atoms with Gasteiger partial charge < -0.3 is 10.2 Å². The third-order valence-electron chi connectivity index (χ3n) is 5.17. The van der Waals surface area contributed by atoms with Crippen LogP contribution in [0.2, 0.25) is 0 Å². The lowest BCUT2D eigenvalue weighted by molar-refractivity contribution is 0.0779. The largest absolute Gasteiger partial charge is 0.373 e. The van der Waals surface area contributed by atoms with Gasteiger partial charge in [-0.25, -0.2) is 23.1 Å². The summed E-state index contributed by atoms with van der Waals surface area (Å²) in [5.41, 5.74) is 2.31. The van der Waals surface area contributed by atoms with Gasteiger partial charge >= 0.3 is 0 Å². The molecule has 1 N–H and O–H groups in total. The molecule has 0 saturated carbocycles. The van der Waals surface area contributed by atoms with Crippen LogP contribution in [0.5, 0.6) is 0 Å². The highest BCUT2D eigenvalue weighted by molar-refractivity contribution is 5.94. The molecular weight excluding hydrogens is 417 g/mol. The van der Waals surface area contributed by atoms with Gasteiger partial charge in [-0.1, -0.05) is 12.1 Å². The summed E-state index contributed by atoms with van der Waals surface area (Å²) in [5.74, 6) is -2.23. The summed E-state index contributed by atoms with van der Waals surface area (Å²) in [4.78, 5) is 22.2. The molecular formula is C24H19F3N4O. The SMILES string of the molecule is CNc1ncnc2ccc(-c3ccc(F)c(CN(C)C(=O)c4ccc(F)cc4F)c3)cc12. The van der Waals surface area contributed by atoms with Gasteiger partial charge in [0.05, 0.1) is 11.1 Å². The van der Waals surface area contributed by atoms with Crippen LogP contribution in [0.25, 0.3) is 22.0 Å². The van der Waals surface area contributed by atoms with Crippen LogP contribution in [0.3, 0.4) is 0 Å². The lowest BCUT2D eigenvalue weighted by Gasteiger charge is -2.19. The summed E-state index contributed by atoms with van der Waals surface area (Å²) in [7, 11) is 3.20. The van der Waals surface area contributed by atoms with E-state index in [1.807, 2.05) is 18.2 Å². The minimum absolute atomic E-state index is 0.0895. The number of rotatable bonds is 5. The Morgan fingerprint density at radius 2 is 1.69 bits per heavy atom. The van der Waals surface area contributed by atoms with E-state index in [0.29, 0.717) is 11.9 Å². The number of amides is 1. The molecule has 0 saturated heterocycles. The molecule has 162 valence electrons. The Morgan fingerprint density at radius 3 is 2.44 bits per heavy atom. The normalized spacial score (nSPS) is 10.9. The maximum atomic E-state index is 14.5. The summed E-state index contributed by atoms with van der Waals surface area (Å²) in [6, 6.07) is 13.0. The number of carbonyl (C=O) groups excluding carboxylic acids is 1. The second-order valence-electron chi connectivity index (χ2n) is 7.30. The first-order valence-corrected chi connectivity index (χ1v) is 9.79. The van der Waals surface area contributed by atoms with E-state index in [0.717, 1.165) is 34.2 Å². The van der Waals surface area contributed by atoms with Crippen molar-refractivity contribution in [1.29, 1.82) is 0 Å². The van der Waals surface area contributed by atoms with Crippen molar-refractivity contribution in [2.24, 2.45) is 0 Å². The molecule has 1 aromatic heterocycles. The zero-order chi connectivity index (χ0) is 22.8. The molecule has 3 aromatic carbocycles. The van der Waals surface area contributed by atoms with Crippen molar-refractivity contribution in [3.05, 3.63) is 89.5 Å². The van der Waals surface area contributed by atoms with Crippen molar-refractivity contribution in [2.75, 3.05) is 19.4 Å². The van der Waals surface area contributed by atoms with Crippen LogP contribution in [0, 0.1) is 17.5 Å². The number of benzene rings is 3. The fourth-order valence-electron chi connectivity index (χ4n) is 3.51. The number of nitrogens with zero attached hydrogens (tertiary/aromatic N) is 3. The van der Waals surface area contributed by atoms with E-state index < -0.39 is 23.4 Å². The topological polar surface area (TPSA) is 58.1 Å². The fourth-order valence-corrected chi connectivity index (χ4v) is 3.51. The Bertz CT molecular complexity index is 1330. The molecule has 4 rings (SSSR count). The Kier molecular flexibility index (Phi) is 5.77. The van der Waals surface area contributed by atoms with Crippen molar-refractivity contribution >= 4 is 22.6 Å². The highest BCUT2D eigenvalue weighted by Gasteiger charge is 2.18. The average Bonchev–Trinajstić information content (AvgIpc) is 2.79. The van der Waals surface area contributed by atoms with Crippen molar-refractivity contribution in [2.45, 2.75) is 6.54 Å². The van der Waals surface area contributed by atoms with E-state index in [1.165, 1.54) is 24.3 Å². The standard InChI is InChI=1S/C24H19F3N4O/c1-28-23-19-10-15(4-8-22(19)29-13-30-23)14-3-7-20(26)16(9-14)12-31(2)24(32)18-6-5-17(25)11-21(18)27/h3-11,13H,12H2,1-2H3,(H,28,29,30). The number of halogens is 3. The van der Waals surface area contributed by atoms with Gasteiger partial charge in [-0.15, -0.1) is 0 Å². The molecule has 32 heavy (non-hydrogen) atoms. The molecule has 0 aliphatic rings. The first-order chi connectivity index (χ1) is 15.4. The number of nitrogens with one attached hydrogen (secondary N) is 1. The highest BCUT2D eigenvalue weighted by Crippen LogP contribution is 2.28. The first kappa shape index (κ1) is 21.3. The van der Waals surface area contributed by atoms with Gasteiger partial charge in [0.15, 0.2) is 0 Å². The molecule has 0 atom stereocenters. The van der Waals surface area contributed by atoms with Crippen molar-refractivity contribution in [3.8, 4) is 11.1 Å². The molecule has 1 amide bonds. The number of hydrogen-bond acceptors (Lipinski definition) is 4. The van der Waals surface area contributed by atoms with E-state index >= 15 is 0 Å². The molecule has 8 heteroatoms. The van der Waals surface area contributed by atoms with E-state index in [2.05, 4.69) is 15.3 Å². The van der Waals surface area contributed by atoms with Crippen molar-refractivity contribution in [3.63, 3.8) is 0 Å². The lowest BCUT2D eigenvalue weighted by Crippen LogP contribution is -2.27. The minimum Gasteiger partial charge on any atom is -0.373 e. The molecule has 1 heterocycles. The number of aromatic nitrogens is 2. The summed E-state index contributed by atoms with van der Waals surface area (Å²) >= 11 is 0. The maximum absolute atomic E-state index is 14.5. The van der Waals surface area contributed by atoms with Crippen LogP contribution in [0.1, 0.15) is 15.9 Å². The Balaban J connectivity index is 1.64. The Labute approximate surface area is 182 Å².